The Kier molecular flexibility index (Phi) is 5.15. The zero-order chi connectivity index (χ0) is 19.6. The maximum absolute atomic E-state index is 13.3. The van der Waals surface area contributed by atoms with E-state index < -0.39 is 11.7 Å². The highest BCUT2D eigenvalue weighted by Gasteiger charge is 2.35. The zero-order valence-corrected chi connectivity index (χ0v) is 14.9. The van der Waals surface area contributed by atoms with Crippen LogP contribution in [-0.4, -0.2) is 37.0 Å². The summed E-state index contributed by atoms with van der Waals surface area (Å²) < 4.78 is 42.9. The van der Waals surface area contributed by atoms with Gasteiger partial charge in [-0.1, -0.05) is 0 Å². The Bertz CT molecular complexity index is 946. The Morgan fingerprint density at radius 2 is 2.07 bits per heavy atom. The molecule has 3 aromatic heterocycles. The molecular weight excluding hydrogens is 361 g/mol. The minimum absolute atomic E-state index is 0.0616. The largest absolute Gasteiger partial charge is 0.417 e. The smallest absolute Gasteiger partial charge is 0.354 e. The summed E-state index contributed by atoms with van der Waals surface area (Å²) in [5, 5.41) is 10.8. The first-order valence-corrected chi connectivity index (χ1v) is 8.42. The number of hydrogen-bond acceptors (Lipinski definition) is 4. The fraction of sp³-hybridized carbons (Fsp3) is 0.412. The van der Waals surface area contributed by atoms with Crippen molar-refractivity contribution in [3.05, 3.63) is 41.5 Å². The van der Waals surface area contributed by atoms with Gasteiger partial charge in [0.1, 0.15) is 6.54 Å². The molecule has 10 heteroatoms. The molecular formula is C17H19F3N6O. The van der Waals surface area contributed by atoms with E-state index in [4.69, 9.17) is 0 Å². The molecule has 0 fully saturated rings. The topological polar surface area (TPSA) is 77.6 Å². The quantitative estimate of drug-likeness (QED) is 0.667. The Balaban J connectivity index is 1.71. The van der Waals surface area contributed by atoms with E-state index in [9.17, 15) is 18.0 Å². The summed E-state index contributed by atoms with van der Waals surface area (Å²) in [6.45, 7) is 3.85. The third-order valence-corrected chi connectivity index (χ3v) is 4.05. The summed E-state index contributed by atoms with van der Waals surface area (Å²) in [7, 11) is 0. The van der Waals surface area contributed by atoms with Gasteiger partial charge in [-0.2, -0.15) is 23.4 Å². The second-order valence-electron chi connectivity index (χ2n) is 6.22. The molecule has 0 atom stereocenters. The first kappa shape index (κ1) is 18.9. The van der Waals surface area contributed by atoms with Gasteiger partial charge in [0, 0.05) is 31.2 Å². The number of halogens is 3. The number of pyridine rings is 1. The van der Waals surface area contributed by atoms with Gasteiger partial charge >= 0.3 is 6.18 Å². The minimum atomic E-state index is -4.51. The summed E-state index contributed by atoms with van der Waals surface area (Å²) >= 11 is 0. The normalized spacial score (nSPS) is 11.9. The van der Waals surface area contributed by atoms with Gasteiger partial charge in [-0.3, -0.25) is 9.48 Å². The lowest BCUT2D eigenvalue weighted by Crippen LogP contribution is -2.29. The average molecular weight is 380 g/mol. The van der Waals surface area contributed by atoms with Crippen molar-refractivity contribution in [1.82, 2.24) is 29.9 Å². The molecule has 0 saturated carbocycles. The first-order valence-electron chi connectivity index (χ1n) is 8.42. The lowest BCUT2D eigenvalue weighted by Gasteiger charge is -2.10. The minimum Gasteiger partial charge on any atom is -0.354 e. The monoisotopic (exact) mass is 380 g/mol. The SMILES string of the molecule is Cc1cc(C(F)(F)F)c2c(C)nn(CC(=O)NCCCn3cccn3)c2n1. The van der Waals surface area contributed by atoms with E-state index in [1.807, 2.05) is 12.3 Å². The molecule has 3 heterocycles. The lowest BCUT2D eigenvalue weighted by atomic mass is 10.1. The van der Waals surface area contributed by atoms with Crippen LogP contribution in [0.4, 0.5) is 13.2 Å². The van der Waals surface area contributed by atoms with Gasteiger partial charge in [0.25, 0.3) is 0 Å². The molecule has 0 aliphatic rings. The van der Waals surface area contributed by atoms with Gasteiger partial charge in [-0.05, 0) is 32.4 Å². The van der Waals surface area contributed by atoms with E-state index in [1.165, 1.54) is 18.5 Å². The summed E-state index contributed by atoms with van der Waals surface area (Å²) in [6.07, 6.45) is -0.331. The molecule has 3 aromatic rings. The van der Waals surface area contributed by atoms with Gasteiger partial charge in [0.2, 0.25) is 5.91 Å². The molecule has 7 nitrogen and oxygen atoms in total. The molecule has 0 aliphatic carbocycles. The molecule has 3 rings (SSSR count). The molecule has 0 bridgehead atoms. The van der Waals surface area contributed by atoms with Crippen molar-refractivity contribution in [3.63, 3.8) is 0 Å². The fourth-order valence-electron chi connectivity index (χ4n) is 2.91. The Labute approximate surface area is 153 Å². The molecule has 27 heavy (non-hydrogen) atoms. The number of amides is 1. The van der Waals surface area contributed by atoms with E-state index in [0.717, 1.165) is 6.07 Å². The van der Waals surface area contributed by atoms with Crippen LogP contribution in [-0.2, 0) is 24.1 Å². The maximum Gasteiger partial charge on any atom is 0.417 e. The highest BCUT2D eigenvalue weighted by Crippen LogP contribution is 2.36. The lowest BCUT2D eigenvalue weighted by molar-refractivity contribution is -0.136. The predicted molar refractivity (Wildman–Crippen MR) is 91.9 cm³/mol. The van der Waals surface area contributed by atoms with Crippen LogP contribution in [0.1, 0.15) is 23.4 Å². The number of carbonyl (C=O) groups is 1. The Morgan fingerprint density at radius 3 is 2.74 bits per heavy atom. The first-order chi connectivity index (χ1) is 12.8. The van der Waals surface area contributed by atoms with Crippen LogP contribution >= 0.6 is 0 Å². The number of fused-ring (bicyclic) bond motifs is 1. The molecule has 0 aliphatic heterocycles. The van der Waals surface area contributed by atoms with E-state index in [0.29, 0.717) is 19.5 Å². The van der Waals surface area contributed by atoms with Crippen LogP contribution in [0.3, 0.4) is 0 Å². The standard InChI is InChI=1S/C17H19F3N6O/c1-11-9-13(17(18,19)20)15-12(2)24-26(16(15)23-11)10-14(27)21-5-3-7-25-8-4-6-22-25/h4,6,8-9H,3,5,7,10H2,1-2H3,(H,21,27). The van der Waals surface area contributed by atoms with Crippen molar-refractivity contribution < 1.29 is 18.0 Å². The second kappa shape index (κ2) is 7.37. The fourth-order valence-corrected chi connectivity index (χ4v) is 2.91. The predicted octanol–water partition coefficient (Wildman–Crippen LogP) is 2.47. The second-order valence-corrected chi connectivity index (χ2v) is 6.22. The van der Waals surface area contributed by atoms with Crippen LogP contribution in [0.2, 0.25) is 0 Å². The number of carbonyl (C=O) groups excluding carboxylic acids is 1. The molecule has 1 N–H and O–H groups in total. The number of rotatable bonds is 6. The highest BCUT2D eigenvalue weighted by atomic mass is 19.4. The molecule has 1 amide bonds. The van der Waals surface area contributed by atoms with E-state index >= 15 is 0 Å². The molecule has 0 saturated heterocycles. The summed E-state index contributed by atoms with van der Waals surface area (Å²) in [5.41, 5.74) is -0.313. The van der Waals surface area contributed by atoms with Crippen molar-refractivity contribution in [2.24, 2.45) is 0 Å². The number of nitrogens with one attached hydrogen (secondary N) is 1. The van der Waals surface area contributed by atoms with E-state index in [-0.39, 0.29) is 34.9 Å². The molecule has 0 unspecified atom stereocenters. The summed E-state index contributed by atoms with van der Waals surface area (Å²) in [5.74, 6) is -0.336. The number of alkyl halides is 3. The summed E-state index contributed by atoms with van der Waals surface area (Å²) in [6, 6.07) is 2.81. The highest BCUT2D eigenvalue weighted by molar-refractivity contribution is 5.85. The van der Waals surface area contributed by atoms with Crippen LogP contribution < -0.4 is 5.32 Å². The Hall–Kier alpha value is -2.91. The molecule has 0 spiro atoms. The zero-order valence-electron chi connectivity index (χ0n) is 14.9. The molecule has 144 valence electrons. The number of nitrogens with zero attached hydrogens (tertiary/aromatic N) is 5. The van der Waals surface area contributed by atoms with Crippen molar-refractivity contribution in [1.29, 1.82) is 0 Å². The maximum atomic E-state index is 13.3. The number of aryl methyl sites for hydroxylation is 3. The van der Waals surface area contributed by atoms with Crippen molar-refractivity contribution in [2.75, 3.05) is 6.54 Å². The van der Waals surface area contributed by atoms with Gasteiger partial charge in [0.15, 0.2) is 5.65 Å². The Morgan fingerprint density at radius 1 is 1.30 bits per heavy atom. The van der Waals surface area contributed by atoms with Crippen LogP contribution in [0.5, 0.6) is 0 Å². The van der Waals surface area contributed by atoms with Gasteiger partial charge < -0.3 is 5.32 Å². The van der Waals surface area contributed by atoms with Crippen molar-refractivity contribution >= 4 is 16.9 Å². The third-order valence-electron chi connectivity index (χ3n) is 4.05. The number of hydrogen-bond donors (Lipinski definition) is 1. The van der Waals surface area contributed by atoms with Gasteiger partial charge in [0.05, 0.1) is 16.6 Å². The average Bonchev–Trinajstić information content (AvgIpc) is 3.19. The van der Waals surface area contributed by atoms with Crippen LogP contribution in [0.25, 0.3) is 11.0 Å². The van der Waals surface area contributed by atoms with Crippen LogP contribution in [0.15, 0.2) is 24.5 Å². The van der Waals surface area contributed by atoms with Gasteiger partial charge in [-0.25, -0.2) is 9.67 Å². The van der Waals surface area contributed by atoms with E-state index in [2.05, 4.69) is 20.5 Å². The van der Waals surface area contributed by atoms with Crippen LogP contribution in [0, 0.1) is 13.8 Å². The van der Waals surface area contributed by atoms with Crippen molar-refractivity contribution in [3.8, 4) is 0 Å². The molecule has 0 aromatic carbocycles. The summed E-state index contributed by atoms with van der Waals surface area (Å²) in [4.78, 5) is 16.3. The van der Waals surface area contributed by atoms with E-state index in [1.54, 1.807) is 10.9 Å². The molecule has 0 radical (unpaired) electrons. The number of aromatic nitrogens is 5. The van der Waals surface area contributed by atoms with Gasteiger partial charge in [-0.15, -0.1) is 0 Å². The third kappa shape index (κ3) is 4.26. The van der Waals surface area contributed by atoms with Crippen molar-refractivity contribution in [2.45, 2.75) is 39.5 Å².